The molecule has 2 rings (SSSR count). The third kappa shape index (κ3) is 4.97. The van der Waals surface area contributed by atoms with Gasteiger partial charge in [0.05, 0.1) is 17.1 Å². The molecule has 1 aromatic carbocycles. The number of rotatable bonds is 4. The second kappa shape index (κ2) is 7.36. The Kier molecular flexibility index (Phi) is 5.70. The van der Waals surface area contributed by atoms with Crippen molar-refractivity contribution in [3.63, 3.8) is 0 Å². The van der Waals surface area contributed by atoms with Crippen molar-refractivity contribution in [1.29, 1.82) is 0 Å². The van der Waals surface area contributed by atoms with Crippen LogP contribution in [0.1, 0.15) is 24.8 Å². The molecular weight excluding hydrogens is 329 g/mol. The molecule has 126 valence electrons. The lowest BCUT2D eigenvalue weighted by atomic mass is 10.0. The minimum Gasteiger partial charge on any atom is -0.325 e. The third-order valence-corrected chi connectivity index (χ3v) is 4.07. The first-order chi connectivity index (χ1) is 10.8. The van der Waals surface area contributed by atoms with Crippen LogP contribution in [-0.2, 0) is 11.0 Å². The van der Waals surface area contributed by atoms with Crippen LogP contribution in [0, 0.1) is 0 Å². The number of carbonyl (C=O) groups is 1. The number of anilines is 1. The number of halogens is 4. The highest BCUT2D eigenvalue weighted by molar-refractivity contribution is 6.31. The molecule has 0 aromatic heterocycles. The Morgan fingerprint density at radius 3 is 2.78 bits per heavy atom. The summed E-state index contributed by atoms with van der Waals surface area (Å²) >= 11 is 5.55. The topological polar surface area (TPSA) is 32.3 Å². The minimum atomic E-state index is -4.55. The minimum absolute atomic E-state index is 0.0827. The molecule has 0 saturated heterocycles. The summed E-state index contributed by atoms with van der Waals surface area (Å²) in [7, 11) is 1.82. The lowest BCUT2D eigenvalue weighted by Gasteiger charge is -2.27. The van der Waals surface area contributed by atoms with Crippen molar-refractivity contribution >= 4 is 23.2 Å². The molecule has 0 spiro atoms. The lowest BCUT2D eigenvalue weighted by molar-refractivity contribution is -0.137. The van der Waals surface area contributed by atoms with Crippen LogP contribution in [0.15, 0.2) is 30.4 Å². The number of carbonyl (C=O) groups excluding carboxylic acids is 1. The molecule has 1 amide bonds. The maximum absolute atomic E-state index is 12.8. The van der Waals surface area contributed by atoms with E-state index in [-0.39, 0.29) is 29.2 Å². The van der Waals surface area contributed by atoms with E-state index in [0.717, 1.165) is 31.4 Å². The predicted octanol–water partition coefficient (Wildman–Crippen LogP) is 4.34. The Hall–Kier alpha value is -1.53. The van der Waals surface area contributed by atoms with Crippen LogP contribution in [0.2, 0.25) is 5.02 Å². The van der Waals surface area contributed by atoms with E-state index in [4.69, 9.17) is 11.6 Å². The molecule has 1 unspecified atom stereocenters. The normalized spacial score (nSPS) is 18.3. The number of allylic oxidation sites excluding steroid dienone is 1. The molecule has 1 atom stereocenters. The molecule has 7 heteroatoms. The summed E-state index contributed by atoms with van der Waals surface area (Å²) in [5, 5.41) is 2.10. The van der Waals surface area contributed by atoms with Crippen LogP contribution in [-0.4, -0.2) is 30.4 Å². The van der Waals surface area contributed by atoms with Crippen LogP contribution >= 0.6 is 11.6 Å². The van der Waals surface area contributed by atoms with Crippen molar-refractivity contribution in [1.82, 2.24) is 4.90 Å². The maximum atomic E-state index is 12.8. The second-order valence-corrected chi connectivity index (χ2v) is 5.99. The Morgan fingerprint density at radius 1 is 1.43 bits per heavy atom. The fourth-order valence-corrected chi connectivity index (χ4v) is 2.75. The first kappa shape index (κ1) is 17.8. The van der Waals surface area contributed by atoms with Gasteiger partial charge < -0.3 is 5.32 Å². The monoisotopic (exact) mass is 346 g/mol. The Balaban J connectivity index is 2.00. The zero-order valence-electron chi connectivity index (χ0n) is 12.7. The smallest absolute Gasteiger partial charge is 0.325 e. The van der Waals surface area contributed by atoms with E-state index in [1.165, 1.54) is 6.07 Å². The molecule has 1 aliphatic rings. The van der Waals surface area contributed by atoms with Crippen LogP contribution in [0.25, 0.3) is 0 Å². The molecule has 1 aromatic rings. The highest BCUT2D eigenvalue weighted by Crippen LogP contribution is 2.36. The number of alkyl halides is 3. The van der Waals surface area contributed by atoms with Crippen molar-refractivity contribution < 1.29 is 18.0 Å². The molecule has 0 fully saturated rings. The van der Waals surface area contributed by atoms with Gasteiger partial charge in [-0.1, -0.05) is 23.8 Å². The van der Waals surface area contributed by atoms with Crippen LogP contribution in [0.3, 0.4) is 0 Å². The summed E-state index contributed by atoms with van der Waals surface area (Å²) in [6.07, 6.45) is 2.67. The van der Waals surface area contributed by atoms with Gasteiger partial charge in [0.25, 0.3) is 0 Å². The van der Waals surface area contributed by atoms with Gasteiger partial charge in [0.1, 0.15) is 0 Å². The van der Waals surface area contributed by atoms with Crippen LogP contribution in [0.5, 0.6) is 0 Å². The molecular formula is C16H18ClF3N2O. The lowest BCUT2D eigenvalue weighted by Crippen LogP contribution is -2.37. The van der Waals surface area contributed by atoms with Gasteiger partial charge in [-0.15, -0.1) is 0 Å². The molecule has 0 bridgehead atoms. The van der Waals surface area contributed by atoms with Gasteiger partial charge >= 0.3 is 6.18 Å². The number of benzene rings is 1. The molecule has 0 radical (unpaired) electrons. The SMILES string of the molecule is CN(CC(=O)Nc1ccc(Cl)c(C(F)(F)F)c1)C1C=CCCC1. The van der Waals surface area contributed by atoms with Gasteiger partial charge in [0.2, 0.25) is 5.91 Å². The van der Waals surface area contributed by atoms with E-state index < -0.39 is 11.7 Å². The van der Waals surface area contributed by atoms with Crippen molar-refractivity contribution in [3.8, 4) is 0 Å². The first-order valence-corrected chi connectivity index (χ1v) is 7.68. The highest BCUT2D eigenvalue weighted by atomic mass is 35.5. The summed E-state index contributed by atoms with van der Waals surface area (Å²) in [5.41, 5.74) is -0.875. The maximum Gasteiger partial charge on any atom is 0.417 e. The Labute approximate surface area is 138 Å². The van der Waals surface area contributed by atoms with E-state index in [2.05, 4.69) is 17.5 Å². The van der Waals surface area contributed by atoms with Gasteiger partial charge in [-0.25, -0.2) is 0 Å². The van der Waals surface area contributed by atoms with Crippen LogP contribution < -0.4 is 5.32 Å². The zero-order valence-corrected chi connectivity index (χ0v) is 13.4. The van der Waals surface area contributed by atoms with Gasteiger partial charge in [0, 0.05) is 11.7 Å². The zero-order chi connectivity index (χ0) is 17.0. The number of hydrogen-bond acceptors (Lipinski definition) is 2. The van der Waals surface area contributed by atoms with Crippen molar-refractivity contribution in [2.45, 2.75) is 31.5 Å². The average Bonchev–Trinajstić information content (AvgIpc) is 2.49. The fraction of sp³-hybridized carbons (Fsp3) is 0.438. The number of likely N-dealkylation sites (N-methyl/N-ethyl adjacent to an activating group) is 1. The Bertz CT molecular complexity index is 601. The van der Waals surface area contributed by atoms with Crippen molar-refractivity contribution in [2.24, 2.45) is 0 Å². The van der Waals surface area contributed by atoms with Gasteiger partial charge in [-0.05, 0) is 44.5 Å². The molecule has 0 heterocycles. The molecule has 1 N–H and O–H groups in total. The van der Waals surface area contributed by atoms with Crippen LogP contribution in [0.4, 0.5) is 18.9 Å². The second-order valence-electron chi connectivity index (χ2n) is 5.58. The summed E-state index contributed by atoms with van der Waals surface area (Å²) in [6.45, 7) is 0.110. The van der Waals surface area contributed by atoms with E-state index in [0.29, 0.717) is 0 Å². The third-order valence-electron chi connectivity index (χ3n) is 3.74. The number of nitrogens with zero attached hydrogens (tertiary/aromatic N) is 1. The van der Waals surface area contributed by atoms with E-state index in [9.17, 15) is 18.0 Å². The largest absolute Gasteiger partial charge is 0.417 e. The van der Waals surface area contributed by atoms with Gasteiger partial charge in [-0.2, -0.15) is 13.2 Å². The first-order valence-electron chi connectivity index (χ1n) is 7.31. The highest BCUT2D eigenvalue weighted by Gasteiger charge is 2.33. The van der Waals surface area contributed by atoms with Crippen molar-refractivity contribution in [3.05, 3.63) is 40.9 Å². The fourth-order valence-electron chi connectivity index (χ4n) is 2.53. The van der Waals surface area contributed by atoms with E-state index >= 15 is 0 Å². The Morgan fingerprint density at radius 2 is 2.17 bits per heavy atom. The predicted molar refractivity (Wildman–Crippen MR) is 84.5 cm³/mol. The molecule has 3 nitrogen and oxygen atoms in total. The summed E-state index contributed by atoms with van der Waals surface area (Å²) in [5.74, 6) is -0.359. The van der Waals surface area contributed by atoms with E-state index in [1.807, 2.05) is 11.9 Å². The molecule has 0 aliphatic heterocycles. The van der Waals surface area contributed by atoms with Gasteiger partial charge in [0.15, 0.2) is 0 Å². The van der Waals surface area contributed by atoms with Gasteiger partial charge in [-0.3, -0.25) is 9.69 Å². The molecule has 0 saturated carbocycles. The summed E-state index contributed by atoms with van der Waals surface area (Å²) < 4.78 is 38.4. The quantitative estimate of drug-likeness (QED) is 0.823. The molecule has 23 heavy (non-hydrogen) atoms. The van der Waals surface area contributed by atoms with Crippen molar-refractivity contribution in [2.75, 3.05) is 18.9 Å². The number of hydrogen-bond donors (Lipinski definition) is 1. The average molecular weight is 347 g/mol. The van der Waals surface area contributed by atoms with E-state index in [1.54, 1.807) is 0 Å². The summed E-state index contributed by atoms with van der Waals surface area (Å²) in [6, 6.07) is 3.52. The summed E-state index contributed by atoms with van der Waals surface area (Å²) in [4.78, 5) is 13.9. The number of nitrogens with one attached hydrogen (secondary N) is 1. The number of amides is 1. The molecule has 1 aliphatic carbocycles. The standard InChI is InChI=1S/C16H18ClF3N2O/c1-22(12-5-3-2-4-6-12)10-15(23)21-11-7-8-14(17)13(9-11)16(18,19)20/h3,5,7-9,12H,2,4,6,10H2,1H3,(H,21,23).